The molecule has 0 aliphatic heterocycles. The zero-order valence-electron chi connectivity index (χ0n) is 4.50. The van der Waals surface area contributed by atoms with E-state index < -0.39 is 0 Å². The topological polar surface area (TPSA) is 20.2 Å². The Hall–Kier alpha value is 0.660. The van der Waals surface area contributed by atoms with E-state index in [1.54, 1.807) is 11.3 Å². The summed E-state index contributed by atoms with van der Waals surface area (Å²) in [6, 6.07) is 4.02. The first-order valence-corrected chi connectivity index (χ1v) is 3.44. The zero-order valence-corrected chi connectivity index (χ0v) is 5.32. The fourth-order valence-electron chi connectivity index (χ4n) is 0.565. The molecule has 46 valence electrons. The van der Waals surface area contributed by atoms with E-state index in [0.717, 1.165) is 6.42 Å². The molecule has 1 rings (SSSR count). The van der Waals surface area contributed by atoms with Crippen LogP contribution in [0.4, 0.5) is 0 Å². The molecule has 0 radical (unpaired) electrons. The number of hydrogen-bond donors (Lipinski definition) is 1. The predicted molar refractivity (Wildman–Crippen MR) is 42.3 cm³/mol. The van der Waals surface area contributed by atoms with E-state index >= 15 is 0 Å². The third kappa shape index (κ3) is 3.38. The van der Waals surface area contributed by atoms with Crippen LogP contribution in [0.25, 0.3) is 0 Å². The van der Waals surface area contributed by atoms with Crippen LogP contribution in [-0.2, 0) is 6.42 Å². The van der Waals surface area contributed by atoms with Gasteiger partial charge in [-0.25, -0.2) is 0 Å². The van der Waals surface area contributed by atoms with Crippen molar-refractivity contribution in [2.45, 2.75) is 6.42 Å². The van der Waals surface area contributed by atoms with Crippen LogP contribution in [0.5, 0.6) is 0 Å². The van der Waals surface area contributed by atoms with E-state index in [2.05, 4.69) is 0 Å². The second-order valence-corrected chi connectivity index (χ2v) is 2.59. The first-order chi connectivity index (χ1) is 3.93. The van der Waals surface area contributed by atoms with E-state index in [1.165, 1.54) is 4.88 Å². The van der Waals surface area contributed by atoms with Gasteiger partial charge in [0.2, 0.25) is 0 Å². The molecule has 0 aliphatic rings. The van der Waals surface area contributed by atoms with Crippen LogP contribution < -0.4 is 0 Å². The standard InChI is InChI=1S/C6H8OS.Na.H/c7-4-3-6-2-1-5-8-6;;/h1-2,5,7H,3-4H2;;. The quantitative estimate of drug-likeness (QED) is 0.616. The summed E-state index contributed by atoms with van der Waals surface area (Å²) >= 11 is 1.69. The van der Waals surface area contributed by atoms with Crippen molar-refractivity contribution < 1.29 is 5.11 Å². The maximum atomic E-state index is 8.44. The molecule has 0 saturated heterocycles. The van der Waals surface area contributed by atoms with E-state index in [9.17, 15) is 0 Å². The molecule has 0 fully saturated rings. The summed E-state index contributed by atoms with van der Waals surface area (Å²) in [7, 11) is 0. The van der Waals surface area contributed by atoms with E-state index in [4.69, 9.17) is 5.11 Å². The molecule has 9 heavy (non-hydrogen) atoms. The van der Waals surface area contributed by atoms with Crippen molar-refractivity contribution in [2.24, 2.45) is 0 Å². The van der Waals surface area contributed by atoms with Crippen molar-refractivity contribution in [3.05, 3.63) is 22.4 Å². The molecule has 1 N–H and O–H groups in total. The molecule has 0 amide bonds. The summed E-state index contributed by atoms with van der Waals surface area (Å²) in [6.07, 6.45) is 0.803. The number of aliphatic hydroxyl groups is 1. The monoisotopic (exact) mass is 152 g/mol. The Morgan fingerprint density at radius 2 is 2.33 bits per heavy atom. The van der Waals surface area contributed by atoms with Crippen LogP contribution in [0.2, 0.25) is 0 Å². The fourth-order valence-corrected chi connectivity index (χ4v) is 1.26. The van der Waals surface area contributed by atoms with Crippen molar-refractivity contribution >= 4 is 40.9 Å². The Bertz CT molecular complexity index is 139. The SMILES string of the molecule is OCCc1cccs1.[NaH]. The Balaban J connectivity index is 0.000000640. The molecule has 0 aliphatic carbocycles. The normalized spacial score (nSPS) is 8.56. The second kappa shape index (κ2) is 5.45. The number of thiophene rings is 1. The Morgan fingerprint density at radius 1 is 1.56 bits per heavy atom. The van der Waals surface area contributed by atoms with Gasteiger partial charge in [-0.05, 0) is 11.4 Å². The van der Waals surface area contributed by atoms with Gasteiger partial charge in [0, 0.05) is 17.9 Å². The molecule has 1 nitrogen and oxygen atoms in total. The van der Waals surface area contributed by atoms with Gasteiger partial charge in [-0.2, -0.15) is 0 Å². The second-order valence-electron chi connectivity index (χ2n) is 1.55. The minimum atomic E-state index is 0. The van der Waals surface area contributed by atoms with Crippen LogP contribution in [0.1, 0.15) is 4.88 Å². The van der Waals surface area contributed by atoms with Gasteiger partial charge in [0.1, 0.15) is 0 Å². The van der Waals surface area contributed by atoms with Crippen molar-refractivity contribution in [3.8, 4) is 0 Å². The van der Waals surface area contributed by atoms with Crippen LogP contribution in [0.15, 0.2) is 17.5 Å². The molecule has 3 heteroatoms. The van der Waals surface area contributed by atoms with Gasteiger partial charge in [0.05, 0.1) is 0 Å². The Morgan fingerprint density at radius 3 is 2.78 bits per heavy atom. The third-order valence-corrected chi connectivity index (χ3v) is 1.87. The van der Waals surface area contributed by atoms with Crippen molar-refractivity contribution in [1.82, 2.24) is 0 Å². The van der Waals surface area contributed by atoms with Crippen LogP contribution in [0.3, 0.4) is 0 Å². The number of aliphatic hydroxyl groups excluding tert-OH is 1. The first-order valence-electron chi connectivity index (χ1n) is 2.56. The molecule has 0 atom stereocenters. The molecule has 0 aromatic carbocycles. The van der Waals surface area contributed by atoms with Crippen LogP contribution in [0, 0.1) is 0 Å². The summed E-state index contributed by atoms with van der Waals surface area (Å²) < 4.78 is 0. The van der Waals surface area contributed by atoms with Gasteiger partial charge in [-0.1, -0.05) is 6.07 Å². The summed E-state index contributed by atoms with van der Waals surface area (Å²) in [5, 5.41) is 10.5. The van der Waals surface area contributed by atoms with Gasteiger partial charge < -0.3 is 5.11 Å². The first kappa shape index (κ1) is 9.66. The summed E-state index contributed by atoms with van der Waals surface area (Å²) in [4.78, 5) is 1.26. The molecule has 0 unspecified atom stereocenters. The van der Waals surface area contributed by atoms with Gasteiger partial charge in [-0.3, -0.25) is 0 Å². The van der Waals surface area contributed by atoms with E-state index in [0.29, 0.717) is 0 Å². The molecule has 0 bridgehead atoms. The predicted octanol–water partition coefficient (Wildman–Crippen LogP) is 0.634. The Labute approximate surface area is 81.0 Å². The number of rotatable bonds is 2. The molecule has 0 spiro atoms. The summed E-state index contributed by atoms with van der Waals surface area (Å²) in [5.74, 6) is 0. The van der Waals surface area contributed by atoms with Crippen molar-refractivity contribution in [1.29, 1.82) is 0 Å². The average molecular weight is 152 g/mol. The Kier molecular flexibility index (Phi) is 5.84. The maximum absolute atomic E-state index is 8.44. The van der Waals surface area contributed by atoms with E-state index in [-0.39, 0.29) is 36.2 Å². The van der Waals surface area contributed by atoms with Crippen molar-refractivity contribution in [2.75, 3.05) is 6.61 Å². The van der Waals surface area contributed by atoms with Crippen LogP contribution in [-0.4, -0.2) is 41.3 Å². The van der Waals surface area contributed by atoms with Gasteiger partial charge >= 0.3 is 29.6 Å². The zero-order chi connectivity index (χ0) is 5.82. The molecular weight excluding hydrogens is 143 g/mol. The fraction of sp³-hybridized carbons (Fsp3) is 0.333. The number of hydrogen-bond acceptors (Lipinski definition) is 2. The molecule has 1 aromatic heterocycles. The molecule has 0 saturated carbocycles. The van der Waals surface area contributed by atoms with E-state index in [1.807, 2.05) is 17.5 Å². The molecule has 1 aromatic rings. The summed E-state index contributed by atoms with van der Waals surface area (Å²) in [6.45, 7) is 0.264. The minimum absolute atomic E-state index is 0. The van der Waals surface area contributed by atoms with Crippen LogP contribution >= 0.6 is 11.3 Å². The van der Waals surface area contributed by atoms with Gasteiger partial charge in [0.25, 0.3) is 0 Å². The molecular formula is C6H9NaOS. The average Bonchev–Trinajstić information content (AvgIpc) is 2.19. The molecule has 1 heterocycles. The van der Waals surface area contributed by atoms with Gasteiger partial charge in [-0.15, -0.1) is 11.3 Å². The summed E-state index contributed by atoms with van der Waals surface area (Å²) in [5.41, 5.74) is 0. The van der Waals surface area contributed by atoms with Crippen molar-refractivity contribution in [3.63, 3.8) is 0 Å². The van der Waals surface area contributed by atoms with Gasteiger partial charge in [0.15, 0.2) is 0 Å². The third-order valence-electron chi connectivity index (χ3n) is 0.938.